The number of primary amides is 1. The number of nitrogens with two attached hydrogens (primary N) is 1. The maximum Gasteiger partial charge on any atom is 0.257 e. The summed E-state index contributed by atoms with van der Waals surface area (Å²) >= 11 is 0. The summed E-state index contributed by atoms with van der Waals surface area (Å²) in [4.78, 5) is 24.0. The number of aryl methyl sites for hydroxylation is 1. The Kier molecular flexibility index (Phi) is 5.17. The first-order valence-corrected chi connectivity index (χ1v) is 8.56. The predicted octanol–water partition coefficient (Wildman–Crippen LogP) is 3.59. The molecule has 0 radical (unpaired) electrons. The molecular weight excluding hydrogens is 361 g/mol. The highest BCUT2D eigenvalue weighted by Crippen LogP contribution is 2.24. The second-order valence-electron chi connectivity index (χ2n) is 6.33. The largest absolute Gasteiger partial charge is 0.497 e. The minimum absolute atomic E-state index is 0.276. The van der Waals surface area contributed by atoms with Crippen LogP contribution in [0, 0.1) is 19.7 Å². The molecule has 6 nitrogen and oxygen atoms in total. The van der Waals surface area contributed by atoms with E-state index in [1.54, 1.807) is 13.2 Å². The normalized spacial score (nSPS) is 10.6. The molecule has 2 aromatic carbocycles. The van der Waals surface area contributed by atoms with Crippen LogP contribution in [0.2, 0.25) is 0 Å². The number of aromatic nitrogens is 1. The maximum absolute atomic E-state index is 13.6. The smallest absolute Gasteiger partial charge is 0.257 e. The minimum Gasteiger partial charge on any atom is -0.497 e. The number of hydrogen-bond donors (Lipinski definition) is 2. The molecule has 0 unspecified atom stereocenters. The first-order valence-electron chi connectivity index (χ1n) is 8.56. The molecule has 0 aliphatic rings. The Hall–Kier alpha value is -3.61. The standard InChI is InChI=1S/C21H20FN3O3/c1-12-10-17(13(2)25(12)15-5-7-16(28-3)8-6-15)21(27)24-14-4-9-19(22)18(11-14)20(23)26/h4-11H,1-3H3,(H2,23,26)(H,24,27). The van der Waals surface area contributed by atoms with E-state index in [-0.39, 0.29) is 17.2 Å². The van der Waals surface area contributed by atoms with Crippen LogP contribution in [0.15, 0.2) is 48.5 Å². The van der Waals surface area contributed by atoms with Gasteiger partial charge in [-0.1, -0.05) is 0 Å². The van der Waals surface area contributed by atoms with E-state index in [4.69, 9.17) is 10.5 Å². The van der Waals surface area contributed by atoms with Gasteiger partial charge >= 0.3 is 0 Å². The number of methoxy groups -OCH3 is 1. The van der Waals surface area contributed by atoms with Gasteiger partial charge in [0.2, 0.25) is 0 Å². The molecule has 0 aliphatic heterocycles. The highest BCUT2D eigenvalue weighted by molar-refractivity contribution is 6.06. The molecule has 144 valence electrons. The average Bonchev–Trinajstić information content (AvgIpc) is 2.97. The maximum atomic E-state index is 13.6. The third-order valence-electron chi connectivity index (χ3n) is 4.50. The SMILES string of the molecule is COc1ccc(-n2c(C)cc(C(=O)Nc3ccc(F)c(C(N)=O)c3)c2C)cc1. The number of benzene rings is 2. The molecule has 0 fully saturated rings. The molecule has 0 spiro atoms. The van der Waals surface area contributed by atoms with E-state index in [1.807, 2.05) is 42.7 Å². The Labute approximate surface area is 161 Å². The van der Waals surface area contributed by atoms with Crippen molar-refractivity contribution >= 4 is 17.5 Å². The quantitative estimate of drug-likeness (QED) is 0.708. The van der Waals surface area contributed by atoms with Gasteiger partial charge in [0.15, 0.2) is 0 Å². The number of nitrogens with one attached hydrogen (secondary N) is 1. The summed E-state index contributed by atoms with van der Waals surface area (Å²) in [6, 6.07) is 13.0. The number of hydrogen-bond acceptors (Lipinski definition) is 3. The van der Waals surface area contributed by atoms with Crippen LogP contribution in [0.25, 0.3) is 5.69 Å². The van der Waals surface area contributed by atoms with Crippen molar-refractivity contribution in [1.82, 2.24) is 4.57 Å². The van der Waals surface area contributed by atoms with Gasteiger partial charge in [0.25, 0.3) is 11.8 Å². The van der Waals surface area contributed by atoms with Crippen molar-refractivity contribution in [3.8, 4) is 11.4 Å². The highest BCUT2D eigenvalue weighted by atomic mass is 19.1. The fraction of sp³-hybridized carbons (Fsp3) is 0.143. The molecule has 0 bridgehead atoms. The second kappa shape index (κ2) is 7.56. The second-order valence-corrected chi connectivity index (χ2v) is 6.33. The summed E-state index contributed by atoms with van der Waals surface area (Å²) in [5.74, 6) is -1.25. The number of carbonyl (C=O) groups excluding carboxylic acids is 2. The molecule has 3 aromatic rings. The number of rotatable bonds is 5. The zero-order valence-corrected chi connectivity index (χ0v) is 15.7. The monoisotopic (exact) mass is 381 g/mol. The first-order chi connectivity index (χ1) is 13.3. The van der Waals surface area contributed by atoms with Gasteiger partial charge in [0, 0.05) is 22.8 Å². The van der Waals surface area contributed by atoms with Crippen molar-refractivity contribution in [3.05, 3.63) is 76.9 Å². The van der Waals surface area contributed by atoms with Gasteiger partial charge in [-0.15, -0.1) is 0 Å². The van der Waals surface area contributed by atoms with Crippen molar-refractivity contribution in [2.24, 2.45) is 5.73 Å². The van der Waals surface area contributed by atoms with Crippen LogP contribution in [0.1, 0.15) is 32.1 Å². The summed E-state index contributed by atoms with van der Waals surface area (Å²) < 4.78 is 20.7. The van der Waals surface area contributed by atoms with E-state index < -0.39 is 11.7 Å². The van der Waals surface area contributed by atoms with E-state index in [0.29, 0.717) is 5.56 Å². The van der Waals surface area contributed by atoms with Crippen LogP contribution >= 0.6 is 0 Å². The molecule has 1 aromatic heterocycles. The lowest BCUT2D eigenvalue weighted by Crippen LogP contribution is -2.16. The highest BCUT2D eigenvalue weighted by Gasteiger charge is 2.18. The van der Waals surface area contributed by atoms with Gasteiger partial charge in [-0.3, -0.25) is 9.59 Å². The Morgan fingerprint density at radius 3 is 2.32 bits per heavy atom. The summed E-state index contributed by atoms with van der Waals surface area (Å²) in [6.07, 6.45) is 0. The topological polar surface area (TPSA) is 86.3 Å². The van der Waals surface area contributed by atoms with Crippen molar-refractivity contribution in [2.75, 3.05) is 12.4 Å². The fourth-order valence-corrected chi connectivity index (χ4v) is 3.11. The molecule has 0 aliphatic carbocycles. The van der Waals surface area contributed by atoms with Crippen molar-refractivity contribution in [1.29, 1.82) is 0 Å². The molecule has 2 amide bonds. The molecule has 0 saturated heterocycles. The summed E-state index contributed by atoms with van der Waals surface area (Å²) in [5.41, 5.74) is 8.16. The zero-order valence-electron chi connectivity index (χ0n) is 15.7. The Bertz CT molecular complexity index is 1060. The minimum atomic E-state index is -0.897. The molecule has 3 rings (SSSR count). The van der Waals surface area contributed by atoms with Gasteiger partial charge < -0.3 is 20.4 Å². The van der Waals surface area contributed by atoms with Crippen LogP contribution in [0.3, 0.4) is 0 Å². The van der Waals surface area contributed by atoms with Gasteiger partial charge in [-0.2, -0.15) is 0 Å². The number of halogens is 1. The van der Waals surface area contributed by atoms with Gasteiger partial charge in [-0.25, -0.2) is 4.39 Å². The number of ether oxygens (including phenoxy) is 1. The summed E-state index contributed by atoms with van der Waals surface area (Å²) in [7, 11) is 1.60. The third-order valence-corrected chi connectivity index (χ3v) is 4.50. The number of nitrogens with zero attached hydrogens (tertiary/aromatic N) is 1. The van der Waals surface area contributed by atoms with E-state index in [0.717, 1.165) is 28.9 Å². The molecule has 0 saturated carbocycles. The van der Waals surface area contributed by atoms with Gasteiger partial charge in [0.1, 0.15) is 11.6 Å². The van der Waals surface area contributed by atoms with Crippen LogP contribution in [0.4, 0.5) is 10.1 Å². The van der Waals surface area contributed by atoms with Crippen LogP contribution in [-0.2, 0) is 0 Å². The fourth-order valence-electron chi connectivity index (χ4n) is 3.11. The lowest BCUT2D eigenvalue weighted by Gasteiger charge is -2.11. The number of carbonyl (C=O) groups is 2. The first kappa shape index (κ1) is 19.2. The van der Waals surface area contributed by atoms with Crippen LogP contribution in [0.5, 0.6) is 5.75 Å². The van der Waals surface area contributed by atoms with Crippen LogP contribution in [-0.4, -0.2) is 23.5 Å². The van der Waals surface area contributed by atoms with E-state index in [9.17, 15) is 14.0 Å². The lowest BCUT2D eigenvalue weighted by atomic mass is 10.1. The Balaban J connectivity index is 1.91. The molecule has 1 heterocycles. The molecular formula is C21H20FN3O3. The number of amides is 2. The van der Waals surface area contributed by atoms with Crippen molar-refractivity contribution in [2.45, 2.75) is 13.8 Å². The van der Waals surface area contributed by atoms with Gasteiger partial charge in [0.05, 0.1) is 18.2 Å². The van der Waals surface area contributed by atoms with Crippen molar-refractivity contribution in [3.63, 3.8) is 0 Å². The Morgan fingerprint density at radius 1 is 1.04 bits per heavy atom. The van der Waals surface area contributed by atoms with E-state index in [2.05, 4.69) is 5.32 Å². The molecule has 7 heteroatoms. The summed E-state index contributed by atoms with van der Waals surface area (Å²) in [6.45, 7) is 3.74. The van der Waals surface area contributed by atoms with E-state index >= 15 is 0 Å². The predicted molar refractivity (Wildman–Crippen MR) is 105 cm³/mol. The molecule has 28 heavy (non-hydrogen) atoms. The van der Waals surface area contributed by atoms with Gasteiger partial charge in [-0.05, 0) is 62.4 Å². The lowest BCUT2D eigenvalue weighted by molar-refractivity contribution is 0.0992. The van der Waals surface area contributed by atoms with Crippen molar-refractivity contribution < 1.29 is 18.7 Å². The molecule has 0 atom stereocenters. The average molecular weight is 381 g/mol. The zero-order chi connectivity index (χ0) is 20.4. The third kappa shape index (κ3) is 3.59. The number of anilines is 1. The molecule has 3 N–H and O–H groups in total. The Morgan fingerprint density at radius 2 is 1.71 bits per heavy atom. The van der Waals surface area contributed by atoms with Crippen LogP contribution < -0.4 is 15.8 Å². The van der Waals surface area contributed by atoms with E-state index in [1.165, 1.54) is 12.1 Å². The summed E-state index contributed by atoms with van der Waals surface area (Å²) in [5, 5.41) is 2.69.